The summed E-state index contributed by atoms with van der Waals surface area (Å²) in [7, 11) is 1.51. The Labute approximate surface area is 133 Å². The highest BCUT2D eigenvalue weighted by molar-refractivity contribution is 5.74. The van der Waals surface area contributed by atoms with Crippen molar-refractivity contribution in [1.29, 1.82) is 0 Å². The van der Waals surface area contributed by atoms with Gasteiger partial charge in [-0.05, 0) is 23.5 Å². The van der Waals surface area contributed by atoms with Crippen LogP contribution in [-0.4, -0.2) is 37.5 Å². The lowest BCUT2D eigenvalue weighted by molar-refractivity contribution is 0.0659. The van der Waals surface area contributed by atoms with Crippen molar-refractivity contribution in [2.24, 2.45) is 0 Å². The van der Waals surface area contributed by atoms with E-state index < -0.39 is 6.10 Å². The first-order valence-electron chi connectivity index (χ1n) is 7.56. The van der Waals surface area contributed by atoms with E-state index in [1.807, 2.05) is 19.1 Å². The first-order chi connectivity index (χ1) is 10.2. The van der Waals surface area contributed by atoms with Crippen molar-refractivity contribution in [1.82, 2.24) is 10.6 Å². The molecule has 1 aromatic carbocycles. The zero-order valence-corrected chi connectivity index (χ0v) is 14.1. The van der Waals surface area contributed by atoms with E-state index in [1.165, 1.54) is 12.7 Å². The predicted octanol–water partition coefficient (Wildman–Crippen LogP) is 2.35. The van der Waals surface area contributed by atoms with E-state index in [4.69, 9.17) is 4.74 Å². The maximum absolute atomic E-state index is 11.8. The van der Waals surface area contributed by atoms with Crippen LogP contribution in [0.5, 0.6) is 0 Å². The molecule has 0 aliphatic rings. The monoisotopic (exact) mass is 308 g/mol. The van der Waals surface area contributed by atoms with E-state index in [1.54, 1.807) is 0 Å². The summed E-state index contributed by atoms with van der Waals surface area (Å²) < 4.78 is 4.80. The Morgan fingerprint density at radius 2 is 1.86 bits per heavy atom. The molecule has 3 N–H and O–H groups in total. The zero-order chi connectivity index (χ0) is 16.8. The highest BCUT2D eigenvalue weighted by Gasteiger charge is 2.15. The van der Waals surface area contributed by atoms with E-state index in [2.05, 4.69) is 43.5 Å². The smallest absolute Gasteiger partial charge is 0.315 e. The lowest BCUT2D eigenvalue weighted by Crippen LogP contribution is -2.41. The van der Waals surface area contributed by atoms with Gasteiger partial charge in [0.25, 0.3) is 0 Å². The maximum Gasteiger partial charge on any atom is 0.315 e. The van der Waals surface area contributed by atoms with Crippen LogP contribution in [0.25, 0.3) is 0 Å². The first-order valence-corrected chi connectivity index (χ1v) is 7.56. The van der Waals surface area contributed by atoms with Gasteiger partial charge in [-0.15, -0.1) is 0 Å². The molecule has 0 spiro atoms. The van der Waals surface area contributed by atoms with Gasteiger partial charge in [0.05, 0.1) is 18.8 Å². The number of amides is 2. The van der Waals surface area contributed by atoms with E-state index >= 15 is 0 Å². The molecule has 0 heterocycles. The van der Waals surface area contributed by atoms with Gasteiger partial charge < -0.3 is 20.5 Å². The van der Waals surface area contributed by atoms with Crippen LogP contribution in [0.3, 0.4) is 0 Å². The molecule has 1 rings (SSSR count). The molecule has 0 saturated carbocycles. The SMILES string of the molecule is COCC(O)CNC(=O)NC(C)c1ccc(C(C)(C)C)cc1. The quantitative estimate of drug-likeness (QED) is 0.755. The zero-order valence-electron chi connectivity index (χ0n) is 14.1. The summed E-state index contributed by atoms with van der Waals surface area (Å²) in [6, 6.07) is 7.84. The van der Waals surface area contributed by atoms with Gasteiger partial charge in [-0.2, -0.15) is 0 Å². The predicted molar refractivity (Wildman–Crippen MR) is 88.0 cm³/mol. The summed E-state index contributed by atoms with van der Waals surface area (Å²) in [6.07, 6.45) is -0.697. The van der Waals surface area contributed by atoms with Crippen LogP contribution in [0.15, 0.2) is 24.3 Å². The van der Waals surface area contributed by atoms with Crippen LogP contribution in [-0.2, 0) is 10.2 Å². The van der Waals surface area contributed by atoms with Crippen LogP contribution in [0.1, 0.15) is 44.9 Å². The molecule has 0 aromatic heterocycles. The Morgan fingerprint density at radius 3 is 2.36 bits per heavy atom. The highest BCUT2D eigenvalue weighted by Crippen LogP contribution is 2.23. The molecule has 5 heteroatoms. The maximum atomic E-state index is 11.8. The van der Waals surface area contributed by atoms with Gasteiger partial charge in [0.2, 0.25) is 0 Å². The number of carbonyl (C=O) groups excluding carboxylic acids is 1. The molecule has 2 atom stereocenters. The van der Waals surface area contributed by atoms with Crippen molar-refractivity contribution in [2.45, 2.75) is 45.3 Å². The third-order valence-corrected chi connectivity index (χ3v) is 3.48. The van der Waals surface area contributed by atoms with Crippen molar-refractivity contribution in [3.63, 3.8) is 0 Å². The molecule has 2 amide bonds. The third kappa shape index (κ3) is 6.03. The van der Waals surface area contributed by atoms with Crippen molar-refractivity contribution < 1.29 is 14.6 Å². The normalized spacial score (nSPS) is 14.3. The lowest BCUT2D eigenvalue weighted by Gasteiger charge is -2.21. The molecule has 5 nitrogen and oxygen atoms in total. The standard InChI is InChI=1S/C17H28N2O3/c1-12(19-16(21)18-10-15(20)11-22-5)13-6-8-14(9-7-13)17(2,3)4/h6-9,12,15,20H,10-11H2,1-5H3,(H2,18,19,21). The summed E-state index contributed by atoms with van der Waals surface area (Å²) in [6.45, 7) is 8.80. The number of methoxy groups -OCH3 is 1. The second-order valence-corrected chi connectivity index (χ2v) is 6.56. The Morgan fingerprint density at radius 1 is 1.27 bits per heavy atom. The molecule has 2 unspecified atom stereocenters. The van der Waals surface area contributed by atoms with Gasteiger partial charge in [-0.3, -0.25) is 0 Å². The first kappa shape index (κ1) is 18.5. The third-order valence-electron chi connectivity index (χ3n) is 3.48. The number of nitrogens with one attached hydrogen (secondary N) is 2. The average Bonchev–Trinajstić information content (AvgIpc) is 2.44. The summed E-state index contributed by atoms with van der Waals surface area (Å²) in [4.78, 5) is 11.8. The van der Waals surface area contributed by atoms with Crippen molar-refractivity contribution in [3.8, 4) is 0 Å². The van der Waals surface area contributed by atoms with Crippen LogP contribution in [0.2, 0.25) is 0 Å². The molecule has 124 valence electrons. The second kappa shape index (κ2) is 8.15. The molecule has 0 aliphatic heterocycles. The van der Waals surface area contributed by atoms with Gasteiger partial charge in [0.15, 0.2) is 0 Å². The minimum absolute atomic E-state index is 0.103. The number of carbonyl (C=O) groups is 1. The number of urea groups is 1. The second-order valence-electron chi connectivity index (χ2n) is 6.56. The number of benzene rings is 1. The number of aliphatic hydroxyl groups is 1. The number of rotatable bonds is 6. The van der Waals surface area contributed by atoms with Crippen molar-refractivity contribution >= 4 is 6.03 Å². The minimum Gasteiger partial charge on any atom is -0.389 e. The minimum atomic E-state index is -0.697. The fraction of sp³-hybridized carbons (Fsp3) is 0.588. The van der Waals surface area contributed by atoms with Crippen LogP contribution < -0.4 is 10.6 Å². The molecule has 0 fully saturated rings. The molecule has 0 aliphatic carbocycles. The molecule has 1 aromatic rings. The Balaban J connectivity index is 2.51. The van der Waals surface area contributed by atoms with Gasteiger partial charge in [-0.25, -0.2) is 4.79 Å². The largest absolute Gasteiger partial charge is 0.389 e. The molecule has 0 saturated heterocycles. The van der Waals surface area contributed by atoms with E-state index in [0.717, 1.165) is 5.56 Å². The molecular formula is C17H28N2O3. The highest BCUT2D eigenvalue weighted by atomic mass is 16.5. The average molecular weight is 308 g/mol. The fourth-order valence-corrected chi connectivity index (χ4v) is 2.06. The Kier molecular flexibility index (Phi) is 6.84. The number of aliphatic hydroxyl groups excluding tert-OH is 1. The molecule has 0 bridgehead atoms. The Hall–Kier alpha value is -1.59. The van der Waals surface area contributed by atoms with Crippen LogP contribution in [0.4, 0.5) is 4.79 Å². The van der Waals surface area contributed by atoms with Gasteiger partial charge in [0.1, 0.15) is 0 Å². The Bertz CT molecular complexity index is 466. The van der Waals surface area contributed by atoms with Crippen LogP contribution in [0, 0.1) is 0 Å². The number of hydrogen-bond acceptors (Lipinski definition) is 3. The van der Waals surface area contributed by atoms with Crippen molar-refractivity contribution in [3.05, 3.63) is 35.4 Å². The van der Waals surface area contributed by atoms with Crippen LogP contribution >= 0.6 is 0 Å². The summed E-state index contributed by atoms with van der Waals surface area (Å²) in [5.74, 6) is 0. The summed E-state index contributed by atoms with van der Waals surface area (Å²) >= 11 is 0. The van der Waals surface area contributed by atoms with Gasteiger partial charge >= 0.3 is 6.03 Å². The molecule has 0 radical (unpaired) electrons. The fourth-order valence-electron chi connectivity index (χ4n) is 2.06. The molecule has 22 heavy (non-hydrogen) atoms. The number of hydrogen-bond donors (Lipinski definition) is 3. The van der Waals surface area contributed by atoms with E-state index in [0.29, 0.717) is 0 Å². The summed E-state index contributed by atoms with van der Waals surface area (Å²) in [5, 5.41) is 15.0. The van der Waals surface area contributed by atoms with E-state index in [-0.39, 0.29) is 30.6 Å². The van der Waals surface area contributed by atoms with Gasteiger partial charge in [0, 0.05) is 13.7 Å². The topological polar surface area (TPSA) is 70.6 Å². The van der Waals surface area contributed by atoms with Gasteiger partial charge in [-0.1, -0.05) is 45.0 Å². The molecular weight excluding hydrogens is 280 g/mol. The summed E-state index contributed by atoms with van der Waals surface area (Å²) in [5.41, 5.74) is 2.42. The van der Waals surface area contributed by atoms with Crippen molar-refractivity contribution in [2.75, 3.05) is 20.3 Å². The lowest BCUT2D eigenvalue weighted by atomic mass is 9.86. The van der Waals surface area contributed by atoms with E-state index in [9.17, 15) is 9.90 Å². The number of ether oxygens (including phenoxy) is 1.